The van der Waals surface area contributed by atoms with E-state index in [1.165, 1.54) is 5.56 Å². The lowest BCUT2D eigenvalue weighted by Crippen LogP contribution is -2.25. The monoisotopic (exact) mass is 446 g/mol. The number of carbonyl (C=O) groups is 1. The van der Waals surface area contributed by atoms with Gasteiger partial charge < -0.3 is 14.8 Å². The molecule has 0 bridgehead atoms. The number of rotatable bonds is 8. The van der Waals surface area contributed by atoms with E-state index >= 15 is 0 Å². The molecule has 33 heavy (non-hydrogen) atoms. The number of benzene rings is 2. The molecule has 0 aliphatic carbocycles. The van der Waals surface area contributed by atoms with Gasteiger partial charge in [0.25, 0.3) is 5.91 Å². The zero-order valence-corrected chi connectivity index (χ0v) is 19.4. The highest BCUT2D eigenvalue weighted by Gasteiger charge is 2.26. The van der Waals surface area contributed by atoms with Gasteiger partial charge in [-0.3, -0.25) is 9.69 Å². The van der Waals surface area contributed by atoms with E-state index in [2.05, 4.69) is 32.3 Å². The number of amides is 1. The second-order valence-electron chi connectivity index (χ2n) is 8.33. The summed E-state index contributed by atoms with van der Waals surface area (Å²) in [6, 6.07) is 15.8. The van der Waals surface area contributed by atoms with Gasteiger partial charge in [-0.05, 0) is 55.3 Å². The van der Waals surface area contributed by atoms with Crippen LogP contribution in [0.5, 0.6) is 11.5 Å². The quantitative estimate of drug-likeness (QED) is 0.568. The second kappa shape index (κ2) is 10.4. The fourth-order valence-electron chi connectivity index (χ4n) is 4.14. The molecule has 1 saturated heterocycles. The van der Waals surface area contributed by atoms with Crippen LogP contribution in [-0.2, 0) is 13.1 Å². The highest BCUT2D eigenvalue weighted by Crippen LogP contribution is 2.26. The van der Waals surface area contributed by atoms with Crippen molar-refractivity contribution in [3.63, 3.8) is 0 Å². The van der Waals surface area contributed by atoms with Gasteiger partial charge in [0.05, 0.1) is 25.5 Å². The number of hydrogen-bond acceptors (Lipinski definition) is 6. The van der Waals surface area contributed by atoms with Crippen molar-refractivity contribution >= 4 is 5.91 Å². The Morgan fingerprint density at radius 3 is 2.61 bits per heavy atom. The lowest BCUT2D eigenvalue weighted by Gasteiger charge is -2.16. The average Bonchev–Trinajstić information content (AvgIpc) is 3.31. The smallest absolute Gasteiger partial charge is 0.254 e. The molecular formula is C26H30N4O3. The summed E-state index contributed by atoms with van der Waals surface area (Å²) in [4.78, 5) is 24.3. The molecule has 3 aromatic rings. The van der Waals surface area contributed by atoms with E-state index < -0.39 is 0 Å². The molecule has 1 fully saturated rings. The van der Waals surface area contributed by atoms with Crippen LogP contribution in [0.2, 0.25) is 0 Å². The van der Waals surface area contributed by atoms with Crippen molar-refractivity contribution in [3.8, 4) is 11.5 Å². The summed E-state index contributed by atoms with van der Waals surface area (Å²) in [6.45, 7) is 5.09. The fourth-order valence-corrected chi connectivity index (χ4v) is 4.14. The molecule has 1 amide bonds. The molecule has 172 valence electrons. The predicted molar refractivity (Wildman–Crippen MR) is 127 cm³/mol. The third kappa shape index (κ3) is 5.68. The predicted octanol–water partition coefficient (Wildman–Crippen LogP) is 3.72. The zero-order valence-electron chi connectivity index (χ0n) is 19.4. The van der Waals surface area contributed by atoms with Crippen LogP contribution >= 0.6 is 0 Å². The lowest BCUT2D eigenvalue weighted by molar-refractivity contribution is 0.0949. The first kappa shape index (κ1) is 22.7. The Morgan fingerprint density at radius 1 is 1.09 bits per heavy atom. The van der Waals surface area contributed by atoms with Crippen LogP contribution < -0.4 is 14.8 Å². The van der Waals surface area contributed by atoms with Crippen LogP contribution in [0, 0.1) is 6.92 Å². The largest absolute Gasteiger partial charge is 0.497 e. The van der Waals surface area contributed by atoms with E-state index in [1.807, 2.05) is 43.3 Å². The third-order valence-electron chi connectivity index (χ3n) is 6.03. The summed E-state index contributed by atoms with van der Waals surface area (Å²) in [7, 11) is 3.31. The van der Waals surface area contributed by atoms with Gasteiger partial charge in [-0.25, -0.2) is 9.97 Å². The number of ether oxygens (including phenoxy) is 2. The molecule has 4 rings (SSSR count). The van der Waals surface area contributed by atoms with Crippen LogP contribution in [0.4, 0.5) is 0 Å². The Labute approximate surface area is 194 Å². The van der Waals surface area contributed by atoms with Crippen molar-refractivity contribution in [1.29, 1.82) is 0 Å². The number of nitrogens with one attached hydrogen (secondary N) is 1. The van der Waals surface area contributed by atoms with Crippen LogP contribution in [0.15, 0.2) is 54.7 Å². The van der Waals surface area contributed by atoms with Gasteiger partial charge in [0.2, 0.25) is 0 Å². The maximum Gasteiger partial charge on any atom is 0.254 e. The Balaban J connectivity index is 1.34. The lowest BCUT2D eigenvalue weighted by atomic mass is 10.1. The minimum Gasteiger partial charge on any atom is -0.497 e. The first-order valence-corrected chi connectivity index (χ1v) is 11.2. The molecule has 0 spiro atoms. The molecule has 1 atom stereocenters. The van der Waals surface area contributed by atoms with Crippen LogP contribution in [-0.4, -0.2) is 48.1 Å². The van der Waals surface area contributed by atoms with Gasteiger partial charge in [0.1, 0.15) is 17.3 Å². The summed E-state index contributed by atoms with van der Waals surface area (Å²) in [5.41, 5.74) is 3.45. The van der Waals surface area contributed by atoms with Gasteiger partial charge in [-0.2, -0.15) is 0 Å². The number of hydrogen-bond donors (Lipinski definition) is 1. The molecule has 2 heterocycles. The summed E-state index contributed by atoms with van der Waals surface area (Å²) in [6.07, 6.45) is 2.67. The van der Waals surface area contributed by atoms with Crippen molar-refractivity contribution in [2.24, 2.45) is 0 Å². The zero-order chi connectivity index (χ0) is 23.2. The molecule has 7 heteroatoms. The van der Waals surface area contributed by atoms with Crippen LogP contribution in [0.25, 0.3) is 0 Å². The molecule has 2 aromatic carbocycles. The summed E-state index contributed by atoms with van der Waals surface area (Å²) >= 11 is 0. The molecule has 1 aliphatic heterocycles. The Bertz CT molecular complexity index is 1100. The van der Waals surface area contributed by atoms with E-state index in [0.717, 1.165) is 48.9 Å². The van der Waals surface area contributed by atoms with E-state index in [4.69, 9.17) is 9.47 Å². The van der Waals surface area contributed by atoms with Crippen molar-refractivity contribution in [3.05, 3.63) is 82.9 Å². The molecule has 1 aliphatic rings. The van der Waals surface area contributed by atoms with Gasteiger partial charge in [-0.1, -0.05) is 24.3 Å². The SMILES string of the molecule is COc1ccc(CN2CC[C@@H](c3ncc(C(=O)NCc4cccc(OC)c4)c(C)n3)C2)cc1. The maximum atomic E-state index is 12.7. The molecule has 7 nitrogen and oxygen atoms in total. The number of carbonyl (C=O) groups excluding carboxylic acids is 1. The van der Waals surface area contributed by atoms with Gasteiger partial charge in [0.15, 0.2) is 0 Å². The highest BCUT2D eigenvalue weighted by atomic mass is 16.5. The number of methoxy groups -OCH3 is 2. The molecule has 0 unspecified atom stereocenters. The van der Waals surface area contributed by atoms with Crippen molar-refractivity contribution < 1.29 is 14.3 Å². The Kier molecular flexibility index (Phi) is 7.19. The normalized spacial score (nSPS) is 15.9. The molecule has 0 radical (unpaired) electrons. The Hall–Kier alpha value is -3.45. The van der Waals surface area contributed by atoms with Gasteiger partial charge in [0, 0.05) is 31.7 Å². The molecule has 1 aromatic heterocycles. The minimum absolute atomic E-state index is 0.172. The van der Waals surface area contributed by atoms with Crippen molar-refractivity contribution in [1.82, 2.24) is 20.2 Å². The van der Waals surface area contributed by atoms with Crippen molar-refractivity contribution in [2.45, 2.75) is 32.4 Å². The van der Waals surface area contributed by atoms with Gasteiger partial charge >= 0.3 is 0 Å². The van der Waals surface area contributed by atoms with E-state index in [-0.39, 0.29) is 11.8 Å². The highest BCUT2D eigenvalue weighted by molar-refractivity contribution is 5.94. The van der Waals surface area contributed by atoms with E-state index in [9.17, 15) is 4.79 Å². The van der Waals surface area contributed by atoms with Crippen molar-refractivity contribution in [2.75, 3.05) is 27.3 Å². The summed E-state index contributed by atoms with van der Waals surface area (Å²) in [5, 5.41) is 2.95. The maximum absolute atomic E-state index is 12.7. The van der Waals surface area contributed by atoms with Crippen LogP contribution in [0.3, 0.4) is 0 Å². The molecule has 0 saturated carbocycles. The number of aromatic nitrogens is 2. The number of aryl methyl sites for hydroxylation is 1. The minimum atomic E-state index is -0.172. The fraction of sp³-hybridized carbons (Fsp3) is 0.346. The van der Waals surface area contributed by atoms with Gasteiger partial charge in [-0.15, -0.1) is 0 Å². The molecular weight excluding hydrogens is 416 g/mol. The number of likely N-dealkylation sites (tertiary alicyclic amines) is 1. The van der Waals surface area contributed by atoms with E-state index in [0.29, 0.717) is 17.8 Å². The standard InChI is InChI=1S/C26H30N4O3/c1-18-24(26(31)28-14-20-5-4-6-23(13-20)33-3)15-27-25(29-18)21-11-12-30(17-21)16-19-7-9-22(32-2)10-8-19/h4-10,13,15,21H,11-12,14,16-17H2,1-3H3,(H,28,31)/t21-/m1/s1. The summed E-state index contributed by atoms with van der Waals surface area (Å²) in [5.74, 6) is 2.55. The molecule has 1 N–H and O–H groups in total. The first-order chi connectivity index (χ1) is 16.1. The van der Waals surface area contributed by atoms with Crippen LogP contribution in [0.1, 0.15) is 45.3 Å². The number of nitrogens with zero attached hydrogens (tertiary/aromatic N) is 3. The topological polar surface area (TPSA) is 76.6 Å². The van der Waals surface area contributed by atoms with E-state index in [1.54, 1.807) is 20.4 Å². The second-order valence-corrected chi connectivity index (χ2v) is 8.33. The summed E-state index contributed by atoms with van der Waals surface area (Å²) < 4.78 is 10.5. The third-order valence-corrected chi connectivity index (χ3v) is 6.03. The first-order valence-electron chi connectivity index (χ1n) is 11.2. The average molecular weight is 447 g/mol. The Morgan fingerprint density at radius 2 is 1.88 bits per heavy atom.